The van der Waals surface area contributed by atoms with Gasteiger partial charge in [-0.1, -0.05) is 18.2 Å². The summed E-state index contributed by atoms with van der Waals surface area (Å²) in [5.74, 6) is 0.0880. The Bertz CT molecular complexity index is 388. The number of hydrogen-bond acceptors (Lipinski definition) is 2. The SMILES string of the molecule is CNCCC(=O)NC(C)c1ccc(C)c(C)c1. The molecule has 0 saturated carbocycles. The summed E-state index contributed by atoms with van der Waals surface area (Å²) in [6, 6.07) is 6.38. The second kappa shape index (κ2) is 6.40. The van der Waals surface area contributed by atoms with Gasteiger partial charge in [0.2, 0.25) is 5.91 Å². The molecule has 17 heavy (non-hydrogen) atoms. The summed E-state index contributed by atoms with van der Waals surface area (Å²) in [7, 11) is 1.85. The first-order chi connectivity index (χ1) is 8.04. The van der Waals surface area contributed by atoms with Crippen LogP contribution < -0.4 is 10.6 Å². The topological polar surface area (TPSA) is 41.1 Å². The molecule has 3 nitrogen and oxygen atoms in total. The van der Waals surface area contributed by atoms with Crippen molar-refractivity contribution in [3.63, 3.8) is 0 Å². The van der Waals surface area contributed by atoms with E-state index in [1.54, 1.807) is 0 Å². The maximum atomic E-state index is 11.6. The monoisotopic (exact) mass is 234 g/mol. The van der Waals surface area contributed by atoms with Crippen molar-refractivity contribution in [3.8, 4) is 0 Å². The van der Waals surface area contributed by atoms with Gasteiger partial charge in [-0.15, -0.1) is 0 Å². The minimum Gasteiger partial charge on any atom is -0.350 e. The first-order valence-corrected chi connectivity index (χ1v) is 6.05. The predicted octanol–water partition coefficient (Wildman–Crippen LogP) is 2.09. The van der Waals surface area contributed by atoms with Gasteiger partial charge in [0.1, 0.15) is 0 Å². The van der Waals surface area contributed by atoms with E-state index >= 15 is 0 Å². The Labute approximate surface area is 104 Å². The lowest BCUT2D eigenvalue weighted by atomic mass is 10.0. The molecule has 1 aromatic rings. The van der Waals surface area contributed by atoms with Gasteiger partial charge >= 0.3 is 0 Å². The zero-order chi connectivity index (χ0) is 12.8. The Morgan fingerprint density at radius 2 is 2.00 bits per heavy atom. The summed E-state index contributed by atoms with van der Waals surface area (Å²) in [5, 5.41) is 5.97. The number of rotatable bonds is 5. The number of amides is 1. The first-order valence-electron chi connectivity index (χ1n) is 6.05. The molecule has 0 aliphatic carbocycles. The highest BCUT2D eigenvalue weighted by molar-refractivity contribution is 5.76. The van der Waals surface area contributed by atoms with Crippen molar-refractivity contribution in [2.45, 2.75) is 33.2 Å². The van der Waals surface area contributed by atoms with Crippen molar-refractivity contribution in [1.29, 1.82) is 0 Å². The largest absolute Gasteiger partial charge is 0.350 e. The number of hydrogen-bond donors (Lipinski definition) is 2. The van der Waals surface area contributed by atoms with Crippen LogP contribution in [0.3, 0.4) is 0 Å². The van der Waals surface area contributed by atoms with Crippen molar-refractivity contribution in [1.82, 2.24) is 10.6 Å². The Hall–Kier alpha value is -1.35. The van der Waals surface area contributed by atoms with Gasteiger partial charge in [0.25, 0.3) is 0 Å². The Morgan fingerprint density at radius 1 is 1.29 bits per heavy atom. The molecule has 0 heterocycles. The minimum absolute atomic E-state index is 0.0682. The summed E-state index contributed by atoms with van der Waals surface area (Å²) in [4.78, 5) is 11.6. The third-order valence-corrected chi connectivity index (χ3v) is 3.01. The van der Waals surface area contributed by atoms with Gasteiger partial charge in [-0.05, 0) is 44.5 Å². The fourth-order valence-corrected chi connectivity index (χ4v) is 1.67. The highest BCUT2D eigenvalue weighted by Crippen LogP contribution is 2.16. The van der Waals surface area contributed by atoms with E-state index in [1.807, 2.05) is 14.0 Å². The molecule has 94 valence electrons. The van der Waals surface area contributed by atoms with Crippen molar-refractivity contribution in [2.75, 3.05) is 13.6 Å². The lowest BCUT2D eigenvalue weighted by Crippen LogP contribution is -2.29. The van der Waals surface area contributed by atoms with Crippen LogP contribution in [0, 0.1) is 13.8 Å². The molecule has 0 aliphatic rings. The third-order valence-electron chi connectivity index (χ3n) is 3.01. The number of benzene rings is 1. The molecular formula is C14H22N2O. The maximum Gasteiger partial charge on any atom is 0.221 e. The van der Waals surface area contributed by atoms with Crippen LogP contribution >= 0.6 is 0 Å². The van der Waals surface area contributed by atoms with E-state index in [1.165, 1.54) is 11.1 Å². The average Bonchev–Trinajstić information content (AvgIpc) is 2.30. The highest BCUT2D eigenvalue weighted by Gasteiger charge is 2.09. The molecule has 2 N–H and O–H groups in total. The second-order valence-corrected chi connectivity index (χ2v) is 4.49. The molecule has 1 unspecified atom stereocenters. The summed E-state index contributed by atoms with van der Waals surface area (Å²) in [6.45, 7) is 6.91. The Balaban J connectivity index is 2.60. The number of carbonyl (C=O) groups excluding carboxylic acids is 1. The number of aryl methyl sites for hydroxylation is 2. The van der Waals surface area contributed by atoms with E-state index in [0.717, 1.165) is 5.56 Å². The molecule has 0 spiro atoms. The van der Waals surface area contributed by atoms with Crippen molar-refractivity contribution >= 4 is 5.91 Å². The third kappa shape index (κ3) is 4.19. The molecule has 3 heteroatoms. The molecule has 0 bridgehead atoms. The van der Waals surface area contributed by atoms with E-state index in [0.29, 0.717) is 13.0 Å². The van der Waals surface area contributed by atoms with Crippen LogP contribution in [0.4, 0.5) is 0 Å². The van der Waals surface area contributed by atoms with Crippen molar-refractivity contribution < 1.29 is 4.79 Å². The van der Waals surface area contributed by atoms with Gasteiger partial charge in [-0.3, -0.25) is 4.79 Å². The van der Waals surface area contributed by atoms with Gasteiger partial charge in [0.15, 0.2) is 0 Å². The second-order valence-electron chi connectivity index (χ2n) is 4.49. The lowest BCUT2D eigenvalue weighted by molar-refractivity contribution is -0.121. The molecule has 1 amide bonds. The van der Waals surface area contributed by atoms with Crippen LogP contribution in [0.15, 0.2) is 18.2 Å². The molecule has 1 rings (SSSR count). The lowest BCUT2D eigenvalue weighted by Gasteiger charge is -2.15. The van der Waals surface area contributed by atoms with Gasteiger partial charge in [-0.25, -0.2) is 0 Å². The summed E-state index contributed by atoms with van der Waals surface area (Å²) in [6.07, 6.45) is 0.520. The Kier molecular flexibility index (Phi) is 5.16. The van der Waals surface area contributed by atoms with Crippen LogP contribution in [-0.4, -0.2) is 19.5 Å². The van der Waals surface area contributed by atoms with Gasteiger partial charge in [0, 0.05) is 13.0 Å². The van der Waals surface area contributed by atoms with E-state index < -0.39 is 0 Å². The van der Waals surface area contributed by atoms with E-state index in [4.69, 9.17) is 0 Å². The molecule has 0 aliphatic heterocycles. The smallest absolute Gasteiger partial charge is 0.221 e. The molecule has 0 saturated heterocycles. The zero-order valence-corrected chi connectivity index (χ0v) is 11.1. The van der Waals surface area contributed by atoms with Crippen molar-refractivity contribution in [2.24, 2.45) is 0 Å². The molecular weight excluding hydrogens is 212 g/mol. The Morgan fingerprint density at radius 3 is 2.59 bits per heavy atom. The fourth-order valence-electron chi connectivity index (χ4n) is 1.67. The van der Waals surface area contributed by atoms with Gasteiger partial charge in [0.05, 0.1) is 6.04 Å². The molecule has 0 fully saturated rings. The zero-order valence-electron chi connectivity index (χ0n) is 11.1. The number of nitrogens with one attached hydrogen (secondary N) is 2. The standard InChI is InChI=1S/C14H22N2O/c1-10-5-6-13(9-11(10)2)12(3)16-14(17)7-8-15-4/h5-6,9,12,15H,7-8H2,1-4H3,(H,16,17). The normalized spacial score (nSPS) is 12.2. The molecule has 0 aromatic heterocycles. The van der Waals surface area contributed by atoms with Crippen LogP contribution in [0.1, 0.15) is 36.1 Å². The highest BCUT2D eigenvalue weighted by atomic mass is 16.1. The van der Waals surface area contributed by atoms with Gasteiger partial charge < -0.3 is 10.6 Å². The van der Waals surface area contributed by atoms with Crippen LogP contribution in [0.5, 0.6) is 0 Å². The summed E-state index contributed by atoms with van der Waals surface area (Å²) < 4.78 is 0. The quantitative estimate of drug-likeness (QED) is 0.819. The molecule has 1 atom stereocenters. The maximum absolute atomic E-state index is 11.6. The van der Waals surface area contributed by atoms with E-state index in [9.17, 15) is 4.79 Å². The first kappa shape index (κ1) is 13.7. The molecule has 1 aromatic carbocycles. The van der Waals surface area contributed by atoms with E-state index in [-0.39, 0.29) is 11.9 Å². The predicted molar refractivity (Wildman–Crippen MR) is 71.0 cm³/mol. The summed E-state index contributed by atoms with van der Waals surface area (Å²) >= 11 is 0. The summed E-state index contributed by atoms with van der Waals surface area (Å²) in [5.41, 5.74) is 3.70. The van der Waals surface area contributed by atoms with Crippen LogP contribution in [-0.2, 0) is 4.79 Å². The van der Waals surface area contributed by atoms with E-state index in [2.05, 4.69) is 42.7 Å². The van der Waals surface area contributed by atoms with Crippen LogP contribution in [0.25, 0.3) is 0 Å². The fraction of sp³-hybridized carbons (Fsp3) is 0.500. The average molecular weight is 234 g/mol. The van der Waals surface area contributed by atoms with Gasteiger partial charge in [-0.2, -0.15) is 0 Å². The van der Waals surface area contributed by atoms with Crippen molar-refractivity contribution in [3.05, 3.63) is 34.9 Å². The van der Waals surface area contributed by atoms with Crippen LogP contribution in [0.2, 0.25) is 0 Å². The number of carbonyl (C=O) groups is 1. The minimum atomic E-state index is 0.0682. The molecule has 0 radical (unpaired) electrons.